The first kappa shape index (κ1) is 12.8. The predicted molar refractivity (Wildman–Crippen MR) is 55.2 cm³/mol. The molecule has 6 nitrogen and oxygen atoms in total. The maximum Gasteiger partial charge on any atom is 0.409 e. The summed E-state index contributed by atoms with van der Waals surface area (Å²) in [6, 6.07) is 0. The molecule has 0 saturated carbocycles. The highest BCUT2D eigenvalue weighted by molar-refractivity contribution is 5.68. The van der Waals surface area contributed by atoms with Crippen LogP contribution < -0.4 is 0 Å². The van der Waals surface area contributed by atoms with Crippen LogP contribution in [0.1, 0.15) is 19.8 Å². The fraction of sp³-hybridized carbons (Fsp3) is 0.800. The van der Waals surface area contributed by atoms with Crippen LogP contribution in [0.2, 0.25) is 0 Å². The molecule has 1 aliphatic rings. The molecule has 92 valence electrons. The van der Waals surface area contributed by atoms with E-state index in [1.54, 1.807) is 11.8 Å². The zero-order valence-corrected chi connectivity index (χ0v) is 9.35. The maximum atomic E-state index is 11.3. The number of likely N-dealkylation sites (tertiary alicyclic amines) is 1. The van der Waals surface area contributed by atoms with Gasteiger partial charge in [0.2, 0.25) is 0 Å². The van der Waals surface area contributed by atoms with E-state index in [4.69, 9.17) is 14.6 Å². The van der Waals surface area contributed by atoms with Gasteiger partial charge in [0.15, 0.2) is 0 Å². The average Bonchev–Trinajstić information content (AvgIpc) is 2.27. The van der Waals surface area contributed by atoms with Crippen LogP contribution in [0.4, 0.5) is 4.79 Å². The Hall–Kier alpha value is -1.30. The Morgan fingerprint density at radius 1 is 1.38 bits per heavy atom. The molecule has 0 radical (unpaired) electrons. The van der Waals surface area contributed by atoms with E-state index in [1.807, 2.05) is 0 Å². The van der Waals surface area contributed by atoms with Crippen LogP contribution >= 0.6 is 0 Å². The molecule has 0 aromatic carbocycles. The number of carbonyl (C=O) groups is 2. The number of nitrogens with zero attached hydrogens (tertiary/aromatic N) is 1. The highest BCUT2D eigenvalue weighted by atomic mass is 16.6. The quantitative estimate of drug-likeness (QED) is 0.771. The van der Waals surface area contributed by atoms with Crippen LogP contribution in [0.15, 0.2) is 0 Å². The molecular weight excluding hydrogens is 214 g/mol. The molecule has 1 N–H and O–H groups in total. The van der Waals surface area contributed by atoms with Crippen molar-refractivity contribution in [3.63, 3.8) is 0 Å². The summed E-state index contributed by atoms with van der Waals surface area (Å²) in [5.74, 6) is -0.965. The van der Waals surface area contributed by atoms with Gasteiger partial charge < -0.3 is 19.5 Å². The monoisotopic (exact) mass is 231 g/mol. The van der Waals surface area contributed by atoms with Crippen LogP contribution in [0.5, 0.6) is 0 Å². The third kappa shape index (κ3) is 4.06. The van der Waals surface area contributed by atoms with E-state index in [-0.39, 0.29) is 18.8 Å². The van der Waals surface area contributed by atoms with Crippen LogP contribution in [0.25, 0.3) is 0 Å². The minimum Gasteiger partial charge on any atom is -0.480 e. The van der Waals surface area contributed by atoms with Gasteiger partial charge >= 0.3 is 12.1 Å². The third-order valence-corrected chi connectivity index (χ3v) is 2.41. The summed E-state index contributed by atoms with van der Waals surface area (Å²) in [5.41, 5.74) is 0. The Morgan fingerprint density at radius 3 is 2.50 bits per heavy atom. The number of carbonyl (C=O) groups excluding carboxylic acids is 1. The van der Waals surface area contributed by atoms with E-state index >= 15 is 0 Å². The molecule has 6 heteroatoms. The lowest BCUT2D eigenvalue weighted by molar-refractivity contribution is -0.145. The SMILES string of the molecule is CCOC(=O)N1CCC(OCC(=O)O)CC1. The fourth-order valence-electron chi connectivity index (χ4n) is 1.61. The van der Waals surface area contributed by atoms with E-state index in [2.05, 4.69) is 0 Å². The Kier molecular flexibility index (Phi) is 5.04. The number of hydrogen-bond acceptors (Lipinski definition) is 4. The summed E-state index contributed by atoms with van der Waals surface area (Å²) in [6.07, 6.45) is 0.944. The lowest BCUT2D eigenvalue weighted by atomic mass is 10.1. The molecule has 0 spiro atoms. The molecule has 1 saturated heterocycles. The lowest BCUT2D eigenvalue weighted by Gasteiger charge is -2.30. The number of amides is 1. The van der Waals surface area contributed by atoms with Crippen molar-refractivity contribution in [2.75, 3.05) is 26.3 Å². The summed E-state index contributed by atoms with van der Waals surface area (Å²) in [4.78, 5) is 23.2. The minimum atomic E-state index is -0.965. The number of piperidine rings is 1. The van der Waals surface area contributed by atoms with Crippen molar-refractivity contribution in [3.05, 3.63) is 0 Å². The predicted octanol–water partition coefficient (Wildman–Crippen LogP) is 0.708. The molecule has 0 unspecified atom stereocenters. The fourth-order valence-corrected chi connectivity index (χ4v) is 1.61. The molecule has 0 aromatic rings. The van der Waals surface area contributed by atoms with Crippen molar-refractivity contribution >= 4 is 12.1 Å². The Labute approximate surface area is 94.1 Å². The lowest BCUT2D eigenvalue weighted by Crippen LogP contribution is -2.41. The number of hydrogen-bond donors (Lipinski definition) is 1. The molecule has 1 amide bonds. The van der Waals surface area contributed by atoms with E-state index in [0.29, 0.717) is 32.5 Å². The molecular formula is C10H17NO5. The van der Waals surface area contributed by atoms with Crippen LogP contribution in [0, 0.1) is 0 Å². The van der Waals surface area contributed by atoms with Gasteiger partial charge in [-0.3, -0.25) is 0 Å². The summed E-state index contributed by atoms with van der Waals surface area (Å²) in [6.45, 7) is 2.98. The second-order valence-electron chi connectivity index (χ2n) is 3.59. The van der Waals surface area contributed by atoms with E-state index in [9.17, 15) is 9.59 Å². The van der Waals surface area contributed by atoms with Crippen molar-refractivity contribution in [3.8, 4) is 0 Å². The summed E-state index contributed by atoms with van der Waals surface area (Å²) in [5, 5.41) is 8.44. The van der Waals surface area contributed by atoms with Gasteiger partial charge in [-0.25, -0.2) is 9.59 Å². The highest BCUT2D eigenvalue weighted by Crippen LogP contribution is 2.14. The molecule has 1 rings (SSSR count). The molecule has 0 bridgehead atoms. The Bertz CT molecular complexity index is 248. The van der Waals surface area contributed by atoms with Crippen LogP contribution in [0.3, 0.4) is 0 Å². The number of ether oxygens (including phenoxy) is 2. The number of carboxylic acid groups (broad SMARTS) is 1. The normalized spacial score (nSPS) is 17.2. The van der Waals surface area contributed by atoms with Gasteiger partial charge in [0, 0.05) is 13.1 Å². The second-order valence-corrected chi connectivity index (χ2v) is 3.59. The maximum absolute atomic E-state index is 11.3. The van der Waals surface area contributed by atoms with Crippen molar-refractivity contribution < 1.29 is 24.2 Å². The number of aliphatic carboxylic acids is 1. The number of carboxylic acids is 1. The van der Waals surface area contributed by atoms with Gasteiger partial charge in [0.25, 0.3) is 0 Å². The van der Waals surface area contributed by atoms with Crippen molar-refractivity contribution in [1.29, 1.82) is 0 Å². The summed E-state index contributed by atoms with van der Waals surface area (Å²) >= 11 is 0. The van der Waals surface area contributed by atoms with Crippen molar-refractivity contribution in [2.24, 2.45) is 0 Å². The van der Waals surface area contributed by atoms with Gasteiger partial charge in [-0.05, 0) is 19.8 Å². The van der Waals surface area contributed by atoms with Gasteiger partial charge in [-0.15, -0.1) is 0 Å². The molecule has 0 aromatic heterocycles. The Morgan fingerprint density at radius 2 is 2.00 bits per heavy atom. The van der Waals surface area contributed by atoms with Gasteiger partial charge in [-0.1, -0.05) is 0 Å². The highest BCUT2D eigenvalue weighted by Gasteiger charge is 2.24. The van der Waals surface area contributed by atoms with Gasteiger partial charge in [0.05, 0.1) is 12.7 Å². The van der Waals surface area contributed by atoms with E-state index in [1.165, 1.54) is 0 Å². The molecule has 0 atom stereocenters. The minimum absolute atomic E-state index is 0.0678. The third-order valence-electron chi connectivity index (χ3n) is 2.41. The molecule has 1 fully saturated rings. The van der Waals surface area contributed by atoms with Gasteiger partial charge in [0.1, 0.15) is 6.61 Å². The first-order valence-electron chi connectivity index (χ1n) is 5.38. The summed E-state index contributed by atoms with van der Waals surface area (Å²) < 4.78 is 10.0. The first-order chi connectivity index (χ1) is 7.63. The van der Waals surface area contributed by atoms with Crippen molar-refractivity contribution in [1.82, 2.24) is 4.90 Å². The zero-order valence-electron chi connectivity index (χ0n) is 9.35. The zero-order chi connectivity index (χ0) is 12.0. The van der Waals surface area contributed by atoms with E-state index < -0.39 is 5.97 Å². The molecule has 0 aliphatic carbocycles. The topological polar surface area (TPSA) is 76.1 Å². The Balaban J connectivity index is 2.23. The van der Waals surface area contributed by atoms with Crippen LogP contribution in [-0.2, 0) is 14.3 Å². The average molecular weight is 231 g/mol. The van der Waals surface area contributed by atoms with E-state index in [0.717, 1.165) is 0 Å². The standard InChI is InChI=1S/C10H17NO5/c1-2-15-10(14)11-5-3-8(4-6-11)16-7-9(12)13/h8H,2-7H2,1H3,(H,12,13). The van der Waals surface area contributed by atoms with Gasteiger partial charge in [-0.2, -0.15) is 0 Å². The molecule has 16 heavy (non-hydrogen) atoms. The molecule has 1 heterocycles. The molecule has 1 aliphatic heterocycles. The first-order valence-corrected chi connectivity index (χ1v) is 5.38. The number of rotatable bonds is 4. The van der Waals surface area contributed by atoms with Crippen LogP contribution in [-0.4, -0.2) is 54.5 Å². The summed E-state index contributed by atoms with van der Waals surface area (Å²) in [7, 11) is 0. The second kappa shape index (κ2) is 6.32. The largest absolute Gasteiger partial charge is 0.480 e. The van der Waals surface area contributed by atoms with Crippen molar-refractivity contribution in [2.45, 2.75) is 25.9 Å². The smallest absolute Gasteiger partial charge is 0.409 e.